The lowest BCUT2D eigenvalue weighted by Crippen LogP contribution is -2.39. The fraction of sp³-hybridized carbons (Fsp3) is 0.684. The normalized spacial score (nSPS) is 17.6. The molecule has 1 aliphatic heterocycles. The Kier molecular flexibility index (Phi) is 5.70. The molecule has 0 radical (unpaired) electrons. The van der Waals surface area contributed by atoms with Crippen molar-refractivity contribution in [3.63, 3.8) is 0 Å². The number of ether oxygens (including phenoxy) is 1. The summed E-state index contributed by atoms with van der Waals surface area (Å²) in [5, 5.41) is 18.4. The van der Waals surface area contributed by atoms with E-state index in [1.807, 2.05) is 4.68 Å². The van der Waals surface area contributed by atoms with Crippen LogP contribution in [0.25, 0.3) is 11.0 Å². The number of rotatable bonds is 7. The molecule has 3 aromatic heterocycles. The van der Waals surface area contributed by atoms with E-state index in [9.17, 15) is 0 Å². The Labute approximate surface area is 170 Å². The number of fused-ring (bicyclic) bond motifs is 1. The standard InChI is InChI=1S/C19H29N9O/c1-5-6-7-28-19-16(14(23-28)10-13(2)3)18(20-12-21-19)27-8-9-29-15(11-27)17-22-25-26(4)24-17/h12-13,15H,5-11H2,1-4H3. The van der Waals surface area contributed by atoms with Crippen molar-refractivity contribution in [2.45, 2.75) is 52.7 Å². The first-order valence-electron chi connectivity index (χ1n) is 10.4. The number of tetrazole rings is 1. The molecule has 1 saturated heterocycles. The molecule has 0 spiro atoms. The van der Waals surface area contributed by atoms with Gasteiger partial charge in [-0.05, 0) is 24.0 Å². The second-order valence-electron chi connectivity index (χ2n) is 7.96. The van der Waals surface area contributed by atoms with Gasteiger partial charge < -0.3 is 9.64 Å². The lowest BCUT2D eigenvalue weighted by Gasteiger charge is -2.32. The number of nitrogens with zero attached hydrogens (tertiary/aromatic N) is 9. The van der Waals surface area contributed by atoms with Gasteiger partial charge in [-0.3, -0.25) is 0 Å². The zero-order valence-electron chi connectivity index (χ0n) is 17.6. The number of aryl methyl sites for hydroxylation is 2. The molecule has 0 bridgehead atoms. The van der Waals surface area contributed by atoms with Gasteiger partial charge in [0.25, 0.3) is 0 Å². The lowest BCUT2D eigenvalue weighted by atomic mass is 10.1. The molecule has 3 aromatic rings. The monoisotopic (exact) mass is 399 g/mol. The van der Waals surface area contributed by atoms with Gasteiger partial charge in [-0.25, -0.2) is 14.6 Å². The molecule has 1 fully saturated rings. The molecule has 10 nitrogen and oxygen atoms in total. The van der Waals surface area contributed by atoms with E-state index in [2.05, 4.69) is 51.0 Å². The number of aromatic nitrogens is 8. The molecule has 0 aliphatic carbocycles. The minimum absolute atomic E-state index is 0.230. The third kappa shape index (κ3) is 4.07. The lowest BCUT2D eigenvalue weighted by molar-refractivity contribution is 0.0337. The van der Waals surface area contributed by atoms with E-state index in [-0.39, 0.29) is 6.10 Å². The first kappa shape index (κ1) is 19.7. The number of unbranched alkanes of at least 4 members (excludes halogenated alkanes) is 1. The van der Waals surface area contributed by atoms with Crippen molar-refractivity contribution in [3.05, 3.63) is 17.8 Å². The van der Waals surface area contributed by atoms with Gasteiger partial charge in [0.2, 0.25) is 5.82 Å². The van der Waals surface area contributed by atoms with Gasteiger partial charge in [0, 0.05) is 13.1 Å². The van der Waals surface area contributed by atoms with Crippen LogP contribution in [0.1, 0.15) is 51.2 Å². The molecule has 10 heteroatoms. The first-order chi connectivity index (χ1) is 14.1. The summed E-state index contributed by atoms with van der Waals surface area (Å²) in [6, 6.07) is 0. The van der Waals surface area contributed by atoms with Gasteiger partial charge >= 0.3 is 0 Å². The maximum Gasteiger partial charge on any atom is 0.205 e. The van der Waals surface area contributed by atoms with E-state index < -0.39 is 0 Å². The van der Waals surface area contributed by atoms with Crippen LogP contribution in [0.15, 0.2) is 6.33 Å². The average molecular weight is 400 g/mol. The predicted molar refractivity (Wildman–Crippen MR) is 108 cm³/mol. The second kappa shape index (κ2) is 8.40. The summed E-state index contributed by atoms with van der Waals surface area (Å²) in [5.41, 5.74) is 1.99. The average Bonchev–Trinajstić information content (AvgIpc) is 3.30. The second-order valence-corrected chi connectivity index (χ2v) is 7.96. The molecule has 4 rings (SSSR count). The minimum atomic E-state index is -0.230. The van der Waals surface area contributed by atoms with Crippen molar-refractivity contribution >= 4 is 16.9 Å². The maximum absolute atomic E-state index is 5.91. The SMILES string of the molecule is CCCCn1nc(CC(C)C)c2c(N3CCOC(c4nnn(C)n4)C3)ncnc21. The van der Waals surface area contributed by atoms with Crippen LogP contribution in [0.4, 0.5) is 5.82 Å². The zero-order valence-corrected chi connectivity index (χ0v) is 17.6. The quantitative estimate of drug-likeness (QED) is 0.594. The highest BCUT2D eigenvalue weighted by Gasteiger charge is 2.29. The van der Waals surface area contributed by atoms with E-state index in [4.69, 9.17) is 9.84 Å². The van der Waals surface area contributed by atoms with Gasteiger partial charge in [-0.2, -0.15) is 9.90 Å². The molecule has 1 aliphatic rings. The topological polar surface area (TPSA) is 99.7 Å². The van der Waals surface area contributed by atoms with Crippen LogP contribution in [-0.2, 0) is 24.8 Å². The fourth-order valence-electron chi connectivity index (χ4n) is 3.72. The van der Waals surface area contributed by atoms with Gasteiger partial charge in [-0.15, -0.1) is 10.2 Å². The Bertz CT molecular complexity index is 964. The van der Waals surface area contributed by atoms with Gasteiger partial charge in [0.05, 0.1) is 31.3 Å². The molecule has 1 atom stereocenters. The fourth-order valence-corrected chi connectivity index (χ4v) is 3.72. The van der Waals surface area contributed by atoms with Crippen molar-refractivity contribution in [3.8, 4) is 0 Å². The highest BCUT2D eigenvalue weighted by Crippen LogP contribution is 2.31. The summed E-state index contributed by atoms with van der Waals surface area (Å²) in [6.45, 7) is 9.45. The smallest absolute Gasteiger partial charge is 0.205 e. The predicted octanol–water partition coefficient (Wildman–Crippen LogP) is 1.93. The third-order valence-corrected chi connectivity index (χ3v) is 5.08. The molecular weight excluding hydrogens is 370 g/mol. The van der Waals surface area contributed by atoms with Crippen LogP contribution in [0.2, 0.25) is 0 Å². The highest BCUT2D eigenvalue weighted by atomic mass is 16.5. The van der Waals surface area contributed by atoms with Crippen LogP contribution >= 0.6 is 0 Å². The molecule has 0 N–H and O–H groups in total. The maximum atomic E-state index is 5.91. The molecular formula is C19H29N9O. The third-order valence-electron chi connectivity index (χ3n) is 5.08. The Morgan fingerprint density at radius 2 is 2.10 bits per heavy atom. The summed E-state index contributed by atoms with van der Waals surface area (Å²) in [5.74, 6) is 2.02. The summed E-state index contributed by atoms with van der Waals surface area (Å²) in [7, 11) is 1.76. The van der Waals surface area contributed by atoms with Gasteiger partial charge in [0.15, 0.2) is 5.65 Å². The molecule has 1 unspecified atom stereocenters. The molecule has 29 heavy (non-hydrogen) atoms. The van der Waals surface area contributed by atoms with Gasteiger partial charge in [-0.1, -0.05) is 27.2 Å². The van der Waals surface area contributed by atoms with Gasteiger partial charge in [0.1, 0.15) is 18.2 Å². The Morgan fingerprint density at radius 3 is 2.83 bits per heavy atom. The Hall–Kier alpha value is -2.62. The van der Waals surface area contributed by atoms with Crippen LogP contribution in [0.5, 0.6) is 0 Å². The summed E-state index contributed by atoms with van der Waals surface area (Å²) >= 11 is 0. The summed E-state index contributed by atoms with van der Waals surface area (Å²) < 4.78 is 7.96. The van der Waals surface area contributed by atoms with E-state index in [0.29, 0.717) is 24.9 Å². The van der Waals surface area contributed by atoms with E-state index in [1.165, 1.54) is 4.80 Å². The van der Waals surface area contributed by atoms with Crippen LogP contribution in [-0.4, -0.2) is 59.7 Å². The molecule has 156 valence electrons. The number of hydrogen-bond acceptors (Lipinski definition) is 8. The van der Waals surface area contributed by atoms with Crippen LogP contribution < -0.4 is 4.90 Å². The number of anilines is 1. The Morgan fingerprint density at radius 1 is 1.24 bits per heavy atom. The highest BCUT2D eigenvalue weighted by molar-refractivity contribution is 5.90. The number of hydrogen-bond donors (Lipinski definition) is 0. The minimum Gasteiger partial charge on any atom is -0.366 e. The van der Waals surface area contributed by atoms with Crippen LogP contribution in [0, 0.1) is 5.92 Å². The van der Waals surface area contributed by atoms with Crippen molar-refractivity contribution in [2.75, 3.05) is 24.6 Å². The molecule has 4 heterocycles. The summed E-state index contributed by atoms with van der Waals surface area (Å²) in [4.78, 5) is 13.0. The largest absolute Gasteiger partial charge is 0.366 e. The van der Waals surface area contributed by atoms with E-state index in [1.54, 1.807) is 13.4 Å². The van der Waals surface area contributed by atoms with E-state index >= 15 is 0 Å². The molecule has 0 amide bonds. The van der Waals surface area contributed by atoms with Crippen molar-refractivity contribution in [2.24, 2.45) is 13.0 Å². The van der Waals surface area contributed by atoms with Crippen LogP contribution in [0.3, 0.4) is 0 Å². The van der Waals surface area contributed by atoms with E-state index in [0.717, 1.165) is 54.9 Å². The first-order valence-corrected chi connectivity index (χ1v) is 10.4. The van der Waals surface area contributed by atoms with Crippen molar-refractivity contribution in [1.82, 2.24) is 40.0 Å². The number of morpholine rings is 1. The van der Waals surface area contributed by atoms with Crippen molar-refractivity contribution in [1.29, 1.82) is 0 Å². The Balaban J connectivity index is 1.71. The van der Waals surface area contributed by atoms with Crippen molar-refractivity contribution < 1.29 is 4.74 Å². The molecule has 0 aromatic carbocycles. The zero-order chi connectivity index (χ0) is 20.4. The summed E-state index contributed by atoms with van der Waals surface area (Å²) in [6.07, 6.45) is 4.51. The molecule has 0 saturated carbocycles.